The molecule has 0 amide bonds. The minimum absolute atomic E-state index is 0. The van der Waals surface area contributed by atoms with Gasteiger partial charge in [-0.05, 0) is 31.5 Å². The molecule has 19 heavy (non-hydrogen) atoms. The molecule has 1 aliphatic heterocycles. The summed E-state index contributed by atoms with van der Waals surface area (Å²) in [5.74, 6) is -0.879. The van der Waals surface area contributed by atoms with E-state index in [1.165, 1.54) is 0 Å². The first-order chi connectivity index (χ1) is 8.54. The fourth-order valence-corrected chi connectivity index (χ4v) is 2.42. The predicted molar refractivity (Wildman–Crippen MR) is 75.9 cm³/mol. The Balaban J connectivity index is 0.00000180. The lowest BCUT2D eigenvalue weighted by atomic mass is 10.1. The largest absolute Gasteiger partial charge is 0.478 e. The summed E-state index contributed by atoms with van der Waals surface area (Å²) in [6, 6.07) is 7.08. The number of hydrogen-bond donors (Lipinski definition) is 1. The van der Waals surface area contributed by atoms with Crippen molar-refractivity contribution in [3.8, 4) is 0 Å². The van der Waals surface area contributed by atoms with E-state index in [4.69, 9.17) is 9.84 Å². The van der Waals surface area contributed by atoms with Crippen molar-refractivity contribution in [1.29, 1.82) is 0 Å². The van der Waals surface area contributed by atoms with E-state index in [2.05, 4.69) is 18.7 Å². The van der Waals surface area contributed by atoms with Crippen LogP contribution < -0.4 is 0 Å². The molecule has 1 saturated heterocycles. The van der Waals surface area contributed by atoms with Gasteiger partial charge in [0.1, 0.15) is 0 Å². The summed E-state index contributed by atoms with van der Waals surface area (Å²) in [6.45, 7) is 6.85. The van der Waals surface area contributed by atoms with Crippen LogP contribution in [0.1, 0.15) is 29.8 Å². The number of carboxylic acid groups (broad SMARTS) is 1. The maximum absolute atomic E-state index is 10.8. The van der Waals surface area contributed by atoms with Crippen LogP contribution in [-0.4, -0.2) is 41.3 Å². The molecule has 0 saturated carbocycles. The topological polar surface area (TPSA) is 49.8 Å². The number of rotatable bonds is 3. The third-order valence-corrected chi connectivity index (χ3v) is 3.10. The highest BCUT2D eigenvalue weighted by Gasteiger charge is 2.21. The average molecular weight is 286 g/mol. The molecule has 2 atom stereocenters. The molecule has 0 unspecified atom stereocenters. The van der Waals surface area contributed by atoms with Gasteiger partial charge in [-0.25, -0.2) is 4.79 Å². The number of morpholine rings is 1. The molecular formula is C14H20ClNO3. The highest BCUT2D eigenvalue weighted by Crippen LogP contribution is 2.14. The fraction of sp³-hybridized carbons (Fsp3) is 0.500. The molecule has 1 fully saturated rings. The monoisotopic (exact) mass is 285 g/mol. The number of aromatic carboxylic acids is 1. The van der Waals surface area contributed by atoms with Crippen LogP contribution in [-0.2, 0) is 11.3 Å². The van der Waals surface area contributed by atoms with E-state index >= 15 is 0 Å². The van der Waals surface area contributed by atoms with Crippen molar-refractivity contribution in [2.75, 3.05) is 13.1 Å². The Hall–Kier alpha value is -1.10. The number of hydrogen-bond acceptors (Lipinski definition) is 3. The summed E-state index contributed by atoms with van der Waals surface area (Å²) in [6.07, 6.45) is 0.513. The van der Waals surface area contributed by atoms with Crippen LogP contribution in [0.2, 0.25) is 0 Å². The van der Waals surface area contributed by atoms with Crippen LogP contribution >= 0.6 is 12.4 Å². The second kappa shape index (κ2) is 6.89. The lowest BCUT2D eigenvalue weighted by Crippen LogP contribution is -2.44. The van der Waals surface area contributed by atoms with E-state index in [1.54, 1.807) is 12.1 Å². The molecule has 1 aliphatic rings. The van der Waals surface area contributed by atoms with Crippen molar-refractivity contribution in [2.45, 2.75) is 32.6 Å². The van der Waals surface area contributed by atoms with Gasteiger partial charge in [0.15, 0.2) is 0 Å². The van der Waals surface area contributed by atoms with Crippen LogP contribution in [0.25, 0.3) is 0 Å². The molecule has 4 nitrogen and oxygen atoms in total. The fourth-order valence-electron chi connectivity index (χ4n) is 2.42. The van der Waals surface area contributed by atoms with Gasteiger partial charge in [-0.1, -0.05) is 12.1 Å². The Morgan fingerprint density at radius 1 is 1.26 bits per heavy atom. The van der Waals surface area contributed by atoms with Crippen molar-refractivity contribution in [3.05, 3.63) is 35.4 Å². The van der Waals surface area contributed by atoms with E-state index < -0.39 is 5.97 Å². The summed E-state index contributed by atoms with van der Waals surface area (Å²) >= 11 is 0. The number of carboxylic acids is 1. The smallest absolute Gasteiger partial charge is 0.335 e. The summed E-state index contributed by atoms with van der Waals surface area (Å²) in [4.78, 5) is 13.1. The molecule has 1 aromatic rings. The van der Waals surface area contributed by atoms with Crippen molar-refractivity contribution in [1.82, 2.24) is 4.90 Å². The molecular weight excluding hydrogens is 266 g/mol. The van der Waals surface area contributed by atoms with Gasteiger partial charge in [0.2, 0.25) is 0 Å². The highest BCUT2D eigenvalue weighted by molar-refractivity contribution is 5.87. The average Bonchev–Trinajstić information content (AvgIpc) is 2.28. The molecule has 0 bridgehead atoms. The number of carbonyl (C=O) groups is 1. The first kappa shape index (κ1) is 16.0. The van der Waals surface area contributed by atoms with Crippen molar-refractivity contribution >= 4 is 18.4 Å². The van der Waals surface area contributed by atoms with Gasteiger partial charge in [0.05, 0.1) is 17.8 Å². The standard InChI is InChI=1S/C14H19NO3.ClH/c1-10-7-15(8-11(2)18-10)9-12-3-5-13(6-4-12)14(16)17;/h3-6,10-11H,7-9H2,1-2H3,(H,16,17);1H/t10-,11+;. The lowest BCUT2D eigenvalue weighted by Gasteiger charge is -2.35. The summed E-state index contributed by atoms with van der Waals surface area (Å²) in [5.41, 5.74) is 1.48. The summed E-state index contributed by atoms with van der Waals surface area (Å²) < 4.78 is 5.69. The molecule has 1 N–H and O–H groups in total. The number of ether oxygens (including phenoxy) is 1. The Labute approximate surface area is 119 Å². The molecule has 1 heterocycles. The second-order valence-corrected chi connectivity index (χ2v) is 4.95. The lowest BCUT2D eigenvalue weighted by molar-refractivity contribution is -0.0704. The van der Waals surface area contributed by atoms with Crippen molar-refractivity contribution < 1.29 is 14.6 Å². The van der Waals surface area contributed by atoms with E-state index in [0.29, 0.717) is 5.56 Å². The van der Waals surface area contributed by atoms with E-state index in [0.717, 1.165) is 25.2 Å². The maximum Gasteiger partial charge on any atom is 0.335 e. The SMILES string of the molecule is C[C@@H]1CN(Cc2ccc(C(=O)O)cc2)C[C@H](C)O1.Cl. The van der Waals surface area contributed by atoms with Gasteiger partial charge in [-0.15, -0.1) is 12.4 Å². The summed E-state index contributed by atoms with van der Waals surface area (Å²) in [7, 11) is 0. The zero-order chi connectivity index (χ0) is 13.1. The van der Waals surface area contributed by atoms with Gasteiger partial charge in [0, 0.05) is 19.6 Å². The van der Waals surface area contributed by atoms with E-state index in [9.17, 15) is 4.79 Å². The first-order valence-electron chi connectivity index (χ1n) is 6.24. The quantitative estimate of drug-likeness (QED) is 0.927. The zero-order valence-electron chi connectivity index (χ0n) is 11.2. The molecule has 106 valence electrons. The molecule has 2 rings (SSSR count). The third-order valence-electron chi connectivity index (χ3n) is 3.10. The van der Waals surface area contributed by atoms with Crippen LogP contribution in [0.4, 0.5) is 0 Å². The first-order valence-corrected chi connectivity index (χ1v) is 6.24. The summed E-state index contributed by atoms with van der Waals surface area (Å²) in [5, 5.41) is 8.84. The molecule has 1 aromatic carbocycles. The van der Waals surface area contributed by atoms with Gasteiger partial charge < -0.3 is 9.84 Å². The van der Waals surface area contributed by atoms with E-state index in [-0.39, 0.29) is 24.6 Å². The number of halogens is 1. The Bertz CT molecular complexity index is 411. The van der Waals surface area contributed by atoms with Gasteiger partial charge in [0.25, 0.3) is 0 Å². The third kappa shape index (κ3) is 4.49. The van der Waals surface area contributed by atoms with Crippen LogP contribution in [0.5, 0.6) is 0 Å². The Morgan fingerprint density at radius 3 is 2.26 bits per heavy atom. The number of benzene rings is 1. The molecule has 0 radical (unpaired) electrons. The van der Waals surface area contributed by atoms with Crippen LogP contribution in [0, 0.1) is 0 Å². The Kier molecular flexibility index (Phi) is 5.79. The number of nitrogens with zero attached hydrogens (tertiary/aromatic N) is 1. The normalized spacial score (nSPS) is 23.7. The predicted octanol–water partition coefficient (Wildman–Crippen LogP) is 2.42. The second-order valence-electron chi connectivity index (χ2n) is 4.95. The van der Waals surface area contributed by atoms with Crippen LogP contribution in [0.15, 0.2) is 24.3 Å². The highest BCUT2D eigenvalue weighted by atomic mass is 35.5. The Morgan fingerprint density at radius 2 is 1.79 bits per heavy atom. The maximum atomic E-state index is 10.8. The van der Waals surface area contributed by atoms with Crippen LogP contribution in [0.3, 0.4) is 0 Å². The molecule has 0 spiro atoms. The minimum Gasteiger partial charge on any atom is -0.478 e. The molecule has 5 heteroatoms. The molecule has 0 aliphatic carbocycles. The molecule has 0 aromatic heterocycles. The minimum atomic E-state index is -0.879. The van der Waals surface area contributed by atoms with Gasteiger partial charge in [-0.3, -0.25) is 4.90 Å². The van der Waals surface area contributed by atoms with Crippen molar-refractivity contribution in [2.24, 2.45) is 0 Å². The van der Waals surface area contributed by atoms with Gasteiger partial charge in [-0.2, -0.15) is 0 Å². The zero-order valence-corrected chi connectivity index (χ0v) is 12.0. The van der Waals surface area contributed by atoms with Gasteiger partial charge >= 0.3 is 5.97 Å². The van der Waals surface area contributed by atoms with E-state index in [1.807, 2.05) is 12.1 Å². The van der Waals surface area contributed by atoms with Crippen molar-refractivity contribution in [3.63, 3.8) is 0 Å².